The Hall–Kier alpha value is -2.72. The molecule has 0 saturated heterocycles. The molecule has 0 aliphatic carbocycles. The number of aromatic nitrogens is 1. The molecule has 1 amide bonds. The first-order valence-electron chi connectivity index (χ1n) is 6.73. The SMILES string of the molecule is NCc1ccccc1NC(=O)c1ccc2ccccc2n1. The molecule has 3 aromatic rings. The van der Waals surface area contributed by atoms with Crippen LogP contribution in [0.4, 0.5) is 5.69 Å². The van der Waals surface area contributed by atoms with Gasteiger partial charge in [-0.05, 0) is 23.8 Å². The van der Waals surface area contributed by atoms with E-state index >= 15 is 0 Å². The molecule has 0 fully saturated rings. The predicted octanol–water partition coefficient (Wildman–Crippen LogP) is 2.95. The third kappa shape index (κ3) is 2.75. The molecule has 0 aliphatic rings. The van der Waals surface area contributed by atoms with Gasteiger partial charge in [0.1, 0.15) is 5.69 Å². The summed E-state index contributed by atoms with van der Waals surface area (Å²) in [7, 11) is 0. The van der Waals surface area contributed by atoms with Gasteiger partial charge >= 0.3 is 0 Å². The minimum Gasteiger partial charge on any atom is -0.326 e. The van der Waals surface area contributed by atoms with Crippen molar-refractivity contribution in [2.45, 2.75) is 6.54 Å². The zero-order chi connectivity index (χ0) is 14.7. The maximum absolute atomic E-state index is 12.3. The Labute approximate surface area is 122 Å². The van der Waals surface area contributed by atoms with E-state index < -0.39 is 0 Å². The molecule has 3 rings (SSSR count). The standard InChI is InChI=1S/C17H15N3O/c18-11-13-6-2-4-8-15(13)20-17(21)16-10-9-12-5-1-3-7-14(12)19-16/h1-10H,11,18H2,(H,20,21). The van der Waals surface area contributed by atoms with Crippen molar-refractivity contribution in [1.82, 2.24) is 4.98 Å². The topological polar surface area (TPSA) is 68.0 Å². The van der Waals surface area contributed by atoms with E-state index in [-0.39, 0.29) is 5.91 Å². The number of hydrogen-bond acceptors (Lipinski definition) is 3. The van der Waals surface area contributed by atoms with E-state index in [1.54, 1.807) is 6.07 Å². The minimum atomic E-state index is -0.235. The van der Waals surface area contributed by atoms with Crippen LogP contribution >= 0.6 is 0 Å². The lowest BCUT2D eigenvalue weighted by molar-refractivity contribution is 0.102. The highest BCUT2D eigenvalue weighted by Crippen LogP contribution is 2.16. The lowest BCUT2D eigenvalue weighted by Crippen LogP contribution is -2.15. The number of amides is 1. The number of nitrogens with one attached hydrogen (secondary N) is 1. The molecule has 0 spiro atoms. The smallest absolute Gasteiger partial charge is 0.274 e. The van der Waals surface area contributed by atoms with Gasteiger partial charge in [0.15, 0.2) is 0 Å². The lowest BCUT2D eigenvalue weighted by Gasteiger charge is -2.09. The van der Waals surface area contributed by atoms with E-state index in [0.29, 0.717) is 12.2 Å². The molecule has 0 aliphatic heterocycles. The molecule has 1 aromatic heterocycles. The molecule has 2 aromatic carbocycles. The number of benzene rings is 2. The fourth-order valence-corrected chi connectivity index (χ4v) is 2.20. The number of pyridine rings is 1. The first kappa shape index (κ1) is 13.3. The molecular weight excluding hydrogens is 262 g/mol. The largest absolute Gasteiger partial charge is 0.326 e. The molecule has 104 valence electrons. The van der Waals surface area contributed by atoms with Crippen LogP contribution in [0.25, 0.3) is 10.9 Å². The summed E-state index contributed by atoms with van der Waals surface area (Å²) < 4.78 is 0. The Morgan fingerprint density at radius 3 is 2.62 bits per heavy atom. The normalized spacial score (nSPS) is 10.5. The van der Waals surface area contributed by atoms with E-state index in [2.05, 4.69) is 10.3 Å². The van der Waals surface area contributed by atoms with Crippen molar-refractivity contribution >= 4 is 22.5 Å². The summed E-state index contributed by atoms with van der Waals surface area (Å²) in [6.07, 6.45) is 0. The summed E-state index contributed by atoms with van der Waals surface area (Å²) in [6, 6.07) is 18.8. The van der Waals surface area contributed by atoms with Crippen molar-refractivity contribution in [2.75, 3.05) is 5.32 Å². The number of anilines is 1. The van der Waals surface area contributed by atoms with Crippen molar-refractivity contribution in [2.24, 2.45) is 5.73 Å². The molecule has 4 heteroatoms. The molecule has 0 bridgehead atoms. The Morgan fingerprint density at radius 1 is 1.00 bits per heavy atom. The zero-order valence-electron chi connectivity index (χ0n) is 11.4. The molecule has 0 unspecified atom stereocenters. The number of para-hydroxylation sites is 2. The van der Waals surface area contributed by atoms with Crippen LogP contribution in [0, 0.1) is 0 Å². The quantitative estimate of drug-likeness (QED) is 0.773. The fraction of sp³-hybridized carbons (Fsp3) is 0.0588. The highest BCUT2D eigenvalue weighted by molar-refractivity contribution is 6.04. The predicted molar refractivity (Wildman–Crippen MR) is 84.0 cm³/mol. The molecule has 4 nitrogen and oxygen atoms in total. The fourth-order valence-electron chi connectivity index (χ4n) is 2.20. The zero-order valence-corrected chi connectivity index (χ0v) is 11.4. The molecule has 0 radical (unpaired) electrons. The summed E-state index contributed by atoms with van der Waals surface area (Å²) in [6.45, 7) is 0.377. The summed E-state index contributed by atoms with van der Waals surface area (Å²) in [5.41, 5.74) is 8.48. The Bertz CT molecular complexity index is 799. The van der Waals surface area contributed by atoms with Crippen molar-refractivity contribution in [1.29, 1.82) is 0 Å². The van der Waals surface area contributed by atoms with Crippen molar-refractivity contribution in [3.8, 4) is 0 Å². The Balaban J connectivity index is 1.90. The van der Waals surface area contributed by atoms with Crippen LogP contribution in [-0.4, -0.2) is 10.9 Å². The van der Waals surface area contributed by atoms with Gasteiger partial charge in [0.25, 0.3) is 5.91 Å². The van der Waals surface area contributed by atoms with Crippen LogP contribution in [0.2, 0.25) is 0 Å². The van der Waals surface area contributed by atoms with Crippen LogP contribution in [0.5, 0.6) is 0 Å². The summed E-state index contributed by atoms with van der Waals surface area (Å²) in [5.74, 6) is -0.235. The highest BCUT2D eigenvalue weighted by atomic mass is 16.1. The molecule has 1 heterocycles. The number of fused-ring (bicyclic) bond motifs is 1. The van der Waals surface area contributed by atoms with Gasteiger partial charge in [-0.3, -0.25) is 4.79 Å². The average Bonchev–Trinajstić information content (AvgIpc) is 2.55. The van der Waals surface area contributed by atoms with Gasteiger partial charge in [-0.25, -0.2) is 4.98 Å². The van der Waals surface area contributed by atoms with Gasteiger partial charge in [0.2, 0.25) is 0 Å². The molecule has 0 atom stereocenters. The third-order valence-electron chi connectivity index (χ3n) is 3.32. The summed E-state index contributed by atoms with van der Waals surface area (Å²) in [5, 5.41) is 3.87. The molecule has 3 N–H and O–H groups in total. The average molecular weight is 277 g/mol. The number of nitrogens with two attached hydrogens (primary N) is 1. The van der Waals surface area contributed by atoms with Gasteiger partial charge < -0.3 is 11.1 Å². The molecular formula is C17H15N3O. The maximum atomic E-state index is 12.3. The van der Waals surface area contributed by atoms with Crippen molar-refractivity contribution < 1.29 is 4.79 Å². The van der Waals surface area contributed by atoms with E-state index in [1.165, 1.54) is 0 Å². The van der Waals surface area contributed by atoms with E-state index in [9.17, 15) is 4.79 Å². The first-order chi connectivity index (χ1) is 10.3. The highest BCUT2D eigenvalue weighted by Gasteiger charge is 2.10. The number of hydrogen-bond donors (Lipinski definition) is 2. The van der Waals surface area contributed by atoms with Gasteiger partial charge in [0, 0.05) is 17.6 Å². The van der Waals surface area contributed by atoms with Crippen LogP contribution < -0.4 is 11.1 Å². The monoisotopic (exact) mass is 277 g/mol. The van der Waals surface area contributed by atoms with Crippen molar-refractivity contribution in [3.63, 3.8) is 0 Å². The molecule has 0 saturated carbocycles. The minimum absolute atomic E-state index is 0.235. The molecule has 21 heavy (non-hydrogen) atoms. The van der Waals surface area contributed by atoms with Gasteiger partial charge in [0.05, 0.1) is 5.52 Å². The Kier molecular flexibility index (Phi) is 3.62. The first-order valence-corrected chi connectivity index (χ1v) is 6.73. The number of rotatable bonds is 3. The van der Waals surface area contributed by atoms with Crippen LogP contribution in [0.3, 0.4) is 0 Å². The van der Waals surface area contributed by atoms with Crippen LogP contribution in [0.1, 0.15) is 16.1 Å². The third-order valence-corrected chi connectivity index (χ3v) is 3.32. The number of carbonyl (C=O) groups is 1. The van der Waals surface area contributed by atoms with Gasteiger partial charge in [-0.1, -0.05) is 42.5 Å². The Morgan fingerprint density at radius 2 is 1.76 bits per heavy atom. The van der Waals surface area contributed by atoms with Crippen LogP contribution in [-0.2, 0) is 6.54 Å². The van der Waals surface area contributed by atoms with E-state index in [1.807, 2.05) is 54.6 Å². The second kappa shape index (κ2) is 5.73. The number of nitrogens with zero attached hydrogens (tertiary/aromatic N) is 1. The maximum Gasteiger partial charge on any atom is 0.274 e. The second-order valence-electron chi connectivity index (χ2n) is 4.70. The van der Waals surface area contributed by atoms with Crippen molar-refractivity contribution in [3.05, 3.63) is 71.9 Å². The van der Waals surface area contributed by atoms with Crippen LogP contribution in [0.15, 0.2) is 60.7 Å². The summed E-state index contributed by atoms with van der Waals surface area (Å²) in [4.78, 5) is 16.7. The number of carbonyl (C=O) groups excluding carboxylic acids is 1. The van der Waals surface area contributed by atoms with Gasteiger partial charge in [-0.15, -0.1) is 0 Å². The summed E-state index contributed by atoms with van der Waals surface area (Å²) >= 11 is 0. The lowest BCUT2D eigenvalue weighted by atomic mass is 10.1. The van der Waals surface area contributed by atoms with Gasteiger partial charge in [-0.2, -0.15) is 0 Å². The van der Waals surface area contributed by atoms with E-state index in [4.69, 9.17) is 5.73 Å². The second-order valence-corrected chi connectivity index (χ2v) is 4.70. The van der Waals surface area contributed by atoms with E-state index in [0.717, 1.165) is 22.2 Å².